The zero-order chi connectivity index (χ0) is 45.0. The molecule has 364 valence electrons. The van der Waals surface area contributed by atoms with Crippen molar-refractivity contribution < 1.29 is 42.1 Å². The number of ether oxygens (including phenoxy) is 2. The van der Waals surface area contributed by atoms with Crippen LogP contribution in [0, 0.1) is 0 Å². The van der Waals surface area contributed by atoms with Crippen LogP contribution in [0.4, 0.5) is 0 Å². The second-order valence-corrected chi connectivity index (χ2v) is 20.7. The van der Waals surface area contributed by atoms with Crippen molar-refractivity contribution in [3.8, 4) is 0 Å². The predicted molar refractivity (Wildman–Crippen MR) is 255 cm³/mol. The first-order chi connectivity index (χ1) is 29.5. The number of hydrogen-bond donors (Lipinski definition) is 0. The lowest BCUT2D eigenvalue weighted by Gasteiger charge is -2.28. The SMILES string of the molecule is CCCCCCCCCCCCCCCCCCCCCCCCCCCC(=O)OC(COC(=O)CCCCCCCCCCCCCC)COP(=O)([O-])OCC[N+](C)(C)C. The van der Waals surface area contributed by atoms with Crippen LogP contribution < -0.4 is 4.89 Å². The highest BCUT2D eigenvalue weighted by Crippen LogP contribution is 2.38. The number of esters is 2. The van der Waals surface area contributed by atoms with E-state index in [1.165, 1.54) is 199 Å². The molecule has 0 aromatic rings. The van der Waals surface area contributed by atoms with Gasteiger partial charge in [-0.2, -0.15) is 0 Å². The topological polar surface area (TPSA) is 111 Å². The smallest absolute Gasteiger partial charge is 0.306 e. The van der Waals surface area contributed by atoms with Gasteiger partial charge in [-0.15, -0.1) is 0 Å². The van der Waals surface area contributed by atoms with Crippen molar-refractivity contribution in [3.05, 3.63) is 0 Å². The first kappa shape index (κ1) is 60.0. The van der Waals surface area contributed by atoms with E-state index in [1.54, 1.807) is 0 Å². The molecule has 0 aliphatic heterocycles. The van der Waals surface area contributed by atoms with Crippen LogP contribution in [0.3, 0.4) is 0 Å². The summed E-state index contributed by atoms with van der Waals surface area (Å²) in [6, 6.07) is 0. The van der Waals surface area contributed by atoms with E-state index >= 15 is 0 Å². The summed E-state index contributed by atoms with van der Waals surface area (Å²) in [5.41, 5.74) is 0. The van der Waals surface area contributed by atoms with Gasteiger partial charge < -0.3 is 27.9 Å². The molecular formula is C51H102NO8P. The van der Waals surface area contributed by atoms with Gasteiger partial charge in [0.15, 0.2) is 6.10 Å². The van der Waals surface area contributed by atoms with Gasteiger partial charge in [0.1, 0.15) is 19.8 Å². The molecule has 0 aromatic carbocycles. The number of carbonyl (C=O) groups excluding carboxylic acids is 2. The van der Waals surface area contributed by atoms with E-state index in [4.69, 9.17) is 18.5 Å². The molecule has 61 heavy (non-hydrogen) atoms. The molecule has 0 aromatic heterocycles. The average Bonchev–Trinajstić information content (AvgIpc) is 3.21. The number of carbonyl (C=O) groups is 2. The van der Waals surface area contributed by atoms with Crippen LogP contribution in [0.5, 0.6) is 0 Å². The van der Waals surface area contributed by atoms with Gasteiger partial charge in [-0.25, -0.2) is 0 Å². The molecule has 2 unspecified atom stereocenters. The van der Waals surface area contributed by atoms with E-state index in [0.717, 1.165) is 32.1 Å². The Bertz CT molecular complexity index is 1010. The van der Waals surface area contributed by atoms with E-state index in [-0.39, 0.29) is 32.0 Å². The van der Waals surface area contributed by atoms with Crippen LogP contribution in [-0.2, 0) is 32.7 Å². The Morgan fingerprint density at radius 3 is 1.05 bits per heavy atom. The number of phosphoric ester groups is 1. The summed E-state index contributed by atoms with van der Waals surface area (Å²) in [7, 11) is 1.19. The summed E-state index contributed by atoms with van der Waals surface area (Å²) in [6.07, 6.45) is 47.2. The highest BCUT2D eigenvalue weighted by atomic mass is 31.2. The summed E-state index contributed by atoms with van der Waals surface area (Å²) < 4.78 is 34.0. The van der Waals surface area contributed by atoms with Crippen molar-refractivity contribution in [1.82, 2.24) is 0 Å². The van der Waals surface area contributed by atoms with E-state index < -0.39 is 26.5 Å². The number of nitrogens with zero attached hydrogens (tertiary/aromatic N) is 1. The second-order valence-electron chi connectivity index (χ2n) is 19.3. The Balaban J connectivity index is 4.09. The molecule has 9 nitrogen and oxygen atoms in total. The number of quaternary nitrogens is 1. The van der Waals surface area contributed by atoms with Crippen molar-refractivity contribution in [2.45, 2.75) is 270 Å². The molecule has 0 heterocycles. The number of unbranched alkanes of at least 4 members (excludes halogenated alkanes) is 35. The lowest BCUT2D eigenvalue weighted by atomic mass is 10.0. The van der Waals surface area contributed by atoms with E-state index in [9.17, 15) is 19.0 Å². The van der Waals surface area contributed by atoms with Gasteiger partial charge in [-0.05, 0) is 12.8 Å². The van der Waals surface area contributed by atoms with Gasteiger partial charge in [0.2, 0.25) is 0 Å². The van der Waals surface area contributed by atoms with E-state index in [2.05, 4.69) is 13.8 Å². The molecular weight excluding hydrogens is 786 g/mol. The van der Waals surface area contributed by atoms with Crippen LogP contribution in [0.1, 0.15) is 264 Å². The molecule has 0 radical (unpaired) electrons. The standard InChI is InChI=1S/C51H102NO8P/c1-6-8-10-12-14-16-18-20-21-22-23-24-25-26-27-28-29-30-31-32-34-36-38-40-42-44-51(54)60-49(48-59-61(55,56)58-46-45-52(3,4)5)47-57-50(53)43-41-39-37-35-33-19-17-15-13-11-9-7-2/h49H,6-48H2,1-5H3. The molecule has 0 saturated heterocycles. The van der Waals surface area contributed by atoms with Gasteiger partial charge in [0.25, 0.3) is 7.82 Å². The molecule has 0 aliphatic rings. The summed E-state index contributed by atoms with van der Waals surface area (Å²) in [5.74, 6) is -0.816. The summed E-state index contributed by atoms with van der Waals surface area (Å²) in [6.45, 7) is 4.28. The molecule has 2 atom stereocenters. The van der Waals surface area contributed by atoms with Crippen molar-refractivity contribution in [2.75, 3.05) is 47.5 Å². The first-order valence-corrected chi connectivity index (χ1v) is 27.7. The normalized spacial score (nSPS) is 13.3. The van der Waals surface area contributed by atoms with Crippen LogP contribution in [-0.4, -0.2) is 70.0 Å². The van der Waals surface area contributed by atoms with Gasteiger partial charge in [-0.3, -0.25) is 14.2 Å². The van der Waals surface area contributed by atoms with Gasteiger partial charge in [0.05, 0.1) is 27.7 Å². The van der Waals surface area contributed by atoms with Gasteiger partial charge in [-0.1, -0.05) is 239 Å². The fourth-order valence-electron chi connectivity index (χ4n) is 7.78. The highest BCUT2D eigenvalue weighted by Gasteiger charge is 2.21. The van der Waals surface area contributed by atoms with Gasteiger partial charge in [0, 0.05) is 12.8 Å². The fraction of sp³-hybridized carbons (Fsp3) is 0.961. The van der Waals surface area contributed by atoms with Crippen LogP contribution in [0.25, 0.3) is 0 Å². The highest BCUT2D eigenvalue weighted by molar-refractivity contribution is 7.45. The van der Waals surface area contributed by atoms with Crippen molar-refractivity contribution in [1.29, 1.82) is 0 Å². The number of rotatable bonds is 49. The second kappa shape index (κ2) is 44.2. The number of phosphoric acid groups is 1. The largest absolute Gasteiger partial charge is 0.756 e. The Morgan fingerprint density at radius 2 is 0.738 bits per heavy atom. The number of hydrogen-bond acceptors (Lipinski definition) is 8. The quantitative estimate of drug-likeness (QED) is 0.0257. The van der Waals surface area contributed by atoms with E-state index in [0.29, 0.717) is 17.4 Å². The Labute approximate surface area is 378 Å². The third-order valence-electron chi connectivity index (χ3n) is 11.9. The zero-order valence-corrected chi connectivity index (χ0v) is 42.0. The number of likely N-dealkylation sites (N-methyl/N-ethyl adjacent to an activating group) is 1. The van der Waals surface area contributed by atoms with Crippen LogP contribution in [0.2, 0.25) is 0 Å². The molecule has 0 fully saturated rings. The van der Waals surface area contributed by atoms with Crippen LogP contribution >= 0.6 is 7.82 Å². The minimum absolute atomic E-state index is 0.0254. The summed E-state index contributed by atoms with van der Waals surface area (Å²) >= 11 is 0. The molecule has 0 aliphatic carbocycles. The summed E-state index contributed by atoms with van der Waals surface area (Å²) in [5, 5.41) is 0. The van der Waals surface area contributed by atoms with E-state index in [1.807, 2.05) is 21.1 Å². The van der Waals surface area contributed by atoms with Crippen molar-refractivity contribution in [2.24, 2.45) is 0 Å². The fourth-order valence-corrected chi connectivity index (χ4v) is 8.50. The molecule has 0 rings (SSSR count). The Kier molecular flexibility index (Phi) is 43.5. The van der Waals surface area contributed by atoms with Crippen LogP contribution in [0.15, 0.2) is 0 Å². The third-order valence-corrected chi connectivity index (χ3v) is 12.8. The maximum atomic E-state index is 12.7. The van der Waals surface area contributed by atoms with Crippen molar-refractivity contribution >= 4 is 19.8 Å². The lowest BCUT2D eigenvalue weighted by molar-refractivity contribution is -0.870. The maximum absolute atomic E-state index is 12.7. The Morgan fingerprint density at radius 1 is 0.443 bits per heavy atom. The van der Waals surface area contributed by atoms with Crippen molar-refractivity contribution in [3.63, 3.8) is 0 Å². The predicted octanol–water partition coefficient (Wildman–Crippen LogP) is 14.9. The molecule has 0 bridgehead atoms. The minimum Gasteiger partial charge on any atom is -0.756 e. The molecule has 0 saturated carbocycles. The van der Waals surface area contributed by atoms with Gasteiger partial charge >= 0.3 is 11.9 Å². The molecule has 10 heteroatoms. The third kappa shape index (κ3) is 48.3. The lowest BCUT2D eigenvalue weighted by Crippen LogP contribution is -2.37. The monoisotopic (exact) mass is 888 g/mol. The summed E-state index contributed by atoms with van der Waals surface area (Å²) in [4.78, 5) is 37.6. The Hall–Kier alpha value is -0.990. The maximum Gasteiger partial charge on any atom is 0.306 e. The molecule has 0 N–H and O–H groups in total. The first-order valence-electron chi connectivity index (χ1n) is 26.2. The molecule has 0 spiro atoms. The average molecular weight is 888 g/mol. The molecule has 0 amide bonds. The minimum atomic E-state index is -4.62. The zero-order valence-electron chi connectivity index (χ0n) is 41.1.